The number of rotatable bonds is 5. The lowest BCUT2D eigenvalue weighted by molar-refractivity contribution is -0.123. The molecular weight excluding hydrogens is 441 g/mol. The van der Waals surface area contributed by atoms with Crippen molar-refractivity contribution in [1.29, 1.82) is 0 Å². The second kappa shape index (κ2) is 8.75. The van der Waals surface area contributed by atoms with Gasteiger partial charge in [0.2, 0.25) is 0 Å². The molecule has 1 N–H and O–H groups in total. The van der Waals surface area contributed by atoms with Crippen molar-refractivity contribution in [2.45, 2.75) is 13.0 Å². The second-order valence-electron chi connectivity index (χ2n) is 6.57. The van der Waals surface area contributed by atoms with Gasteiger partial charge in [-0.05, 0) is 37.3 Å². The number of halogens is 2. The molecule has 1 atom stereocenters. The van der Waals surface area contributed by atoms with Gasteiger partial charge >= 0.3 is 5.97 Å². The summed E-state index contributed by atoms with van der Waals surface area (Å²) in [4.78, 5) is 33.9. The average molecular weight is 456 g/mol. The minimum Gasteiger partial charge on any atom is -0.463 e. The highest BCUT2D eigenvalue weighted by Gasteiger charge is 2.23. The van der Waals surface area contributed by atoms with Crippen LogP contribution in [-0.2, 0) is 9.53 Å². The minimum absolute atomic E-state index is 0.119. The Morgan fingerprint density at radius 2 is 1.94 bits per heavy atom. The largest absolute Gasteiger partial charge is 0.463 e. The summed E-state index contributed by atoms with van der Waals surface area (Å²) in [6.07, 6.45) is 1.76. The van der Waals surface area contributed by atoms with E-state index in [0.29, 0.717) is 27.4 Å². The molecule has 9 heteroatoms. The monoisotopic (exact) mass is 455 g/mol. The third-order valence-corrected chi connectivity index (χ3v) is 4.91. The first-order valence-corrected chi connectivity index (χ1v) is 9.94. The molecule has 0 saturated carbocycles. The van der Waals surface area contributed by atoms with Crippen molar-refractivity contribution in [1.82, 2.24) is 9.97 Å². The second-order valence-corrected chi connectivity index (χ2v) is 7.41. The van der Waals surface area contributed by atoms with Crippen LogP contribution in [0.3, 0.4) is 0 Å². The molecule has 4 aromatic rings. The average Bonchev–Trinajstić information content (AvgIpc) is 3.29. The molecule has 0 fully saturated rings. The fraction of sp³-hybridized carbons (Fsp3) is 0.0909. The first-order valence-electron chi connectivity index (χ1n) is 9.19. The lowest BCUT2D eigenvalue weighted by Gasteiger charge is -2.15. The first kappa shape index (κ1) is 20.8. The van der Waals surface area contributed by atoms with Crippen molar-refractivity contribution >= 4 is 51.8 Å². The summed E-state index contributed by atoms with van der Waals surface area (Å²) in [5.74, 6) is -0.638. The molecule has 0 spiro atoms. The number of carbonyl (C=O) groups is 2. The molecule has 0 radical (unpaired) electrons. The maximum atomic E-state index is 12.9. The van der Waals surface area contributed by atoms with Gasteiger partial charge in [-0.1, -0.05) is 41.4 Å². The van der Waals surface area contributed by atoms with E-state index in [1.807, 2.05) is 6.07 Å². The molecule has 0 bridgehead atoms. The maximum Gasteiger partial charge on any atom is 0.339 e. The predicted octanol–water partition coefficient (Wildman–Crippen LogP) is 5.38. The van der Waals surface area contributed by atoms with Crippen LogP contribution in [0, 0.1) is 0 Å². The topological polar surface area (TPSA) is 94.3 Å². The Balaban J connectivity index is 1.58. The molecule has 3 heterocycles. The van der Waals surface area contributed by atoms with Crippen LogP contribution in [0.25, 0.3) is 22.4 Å². The van der Waals surface area contributed by atoms with E-state index >= 15 is 0 Å². The Morgan fingerprint density at radius 3 is 2.68 bits per heavy atom. The number of para-hydroxylation sites is 1. The molecular formula is C22H15Cl2N3O4. The number of amides is 1. The molecule has 0 aliphatic heterocycles. The standard InChI is InChI=1S/C22H15Cl2N3O4/c1-12(21(28)27-20-16(24)9-13(23)11-25-20)31-22(29)15-10-18(19-7-4-8-30-19)26-17-6-3-2-5-14(15)17/h2-12H,1H3,(H,25,27,28)/t12-/m0/s1. The van der Waals surface area contributed by atoms with E-state index in [1.165, 1.54) is 25.5 Å². The number of aromatic nitrogens is 2. The Morgan fingerprint density at radius 1 is 1.13 bits per heavy atom. The number of ether oxygens (including phenoxy) is 1. The fourth-order valence-electron chi connectivity index (χ4n) is 2.90. The van der Waals surface area contributed by atoms with Gasteiger partial charge in [0.1, 0.15) is 5.69 Å². The van der Waals surface area contributed by atoms with Crippen LogP contribution >= 0.6 is 23.2 Å². The Labute approximate surface area is 187 Å². The van der Waals surface area contributed by atoms with E-state index in [2.05, 4.69) is 15.3 Å². The van der Waals surface area contributed by atoms with Gasteiger partial charge in [0, 0.05) is 11.6 Å². The zero-order chi connectivity index (χ0) is 22.0. The lowest BCUT2D eigenvalue weighted by Crippen LogP contribution is -2.30. The highest BCUT2D eigenvalue weighted by Crippen LogP contribution is 2.26. The molecule has 0 unspecified atom stereocenters. The zero-order valence-corrected chi connectivity index (χ0v) is 17.6. The summed E-state index contributed by atoms with van der Waals surface area (Å²) in [7, 11) is 0. The van der Waals surface area contributed by atoms with E-state index in [9.17, 15) is 9.59 Å². The highest BCUT2D eigenvalue weighted by atomic mass is 35.5. The molecule has 31 heavy (non-hydrogen) atoms. The summed E-state index contributed by atoms with van der Waals surface area (Å²) in [5.41, 5.74) is 1.34. The van der Waals surface area contributed by atoms with Crippen molar-refractivity contribution in [2.24, 2.45) is 0 Å². The van der Waals surface area contributed by atoms with Gasteiger partial charge in [0.25, 0.3) is 5.91 Å². The van der Waals surface area contributed by atoms with Crippen LogP contribution in [0.4, 0.5) is 5.82 Å². The Hall–Kier alpha value is -3.42. The summed E-state index contributed by atoms with van der Waals surface area (Å²) in [6.45, 7) is 1.45. The van der Waals surface area contributed by atoms with Crippen molar-refractivity contribution in [3.8, 4) is 11.5 Å². The van der Waals surface area contributed by atoms with Crippen LogP contribution in [0.1, 0.15) is 17.3 Å². The summed E-state index contributed by atoms with van der Waals surface area (Å²) >= 11 is 11.8. The van der Waals surface area contributed by atoms with Gasteiger partial charge in [-0.2, -0.15) is 0 Å². The summed E-state index contributed by atoms with van der Waals surface area (Å²) in [5, 5.41) is 3.62. The van der Waals surface area contributed by atoms with Gasteiger partial charge in [0.15, 0.2) is 17.7 Å². The molecule has 4 rings (SSSR count). The summed E-state index contributed by atoms with van der Waals surface area (Å²) < 4.78 is 10.8. The Kier molecular flexibility index (Phi) is 5.88. The SMILES string of the molecule is C[C@H](OC(=O)c1cc(-c2ccco2)nc2ccccc12)C(=O)Nc1ncc(Cl)cc1Cl. The molecule has 0 aliphatic rings. The van der Waals surface area contributed by atoms with E-state index in [0.717, 1.165) is 0 Å². The molecule has 0 saturated heterocycles. The predicted molar refractivity (Wildman–Crippen MR) is 117 cm³/mol. The fourth-order valence-corrected chi connectivity index (χ4v) is 3.32. The number of fused-ring (bicyclic) bond motifs is 1. The molecule has 156 valence electrons. The first-order chi connectivity index (χ1) is 14.9. The van der Waals surface area contributed by atoms with Gasteiger partial charge in [0.05, 0.1) is 27.4 Å². The number of esters is 1. The van der Waals surface area contributed by atoms with Crippen molar-refractivity contribution in [3.63, 3.8) is 0 Å². The van der Waals surface area contributed by atoms with Gasteiger partial charge in [-0.25, -0.2) is 14.8 Å². The number of pyridine rings is 2. The molecule has 7 nitrogen and oxygen atoms in total. The van der Waals surface area contributed by atoms with Crippen molar-refractivity contribution in [3.05, 3.63) is 76.6 Å². The third kappa shape index (κ3) is 4.52. The molecule has 1 amide bonds. The van der Waals surface area contributed by atoms with Gasteiger partial charge in [-0.3, -0.25) is 4.79 Å². The third-order valence-electron chi connectivity index (χ3n) is 4.41. The number of hydrogen-bond donors (Lipinski definition) is 1. The highest BCUT2D eigenvalue weighted by molar-refractivity contribution is 6.36. The van der Waals surface area contributed by atoms with E-state index < -0.39 is 18.0 Å². The Bertz CT molecular complexity index is 1280. The summed E-state index contributed by atoms with van der Waals surface area (Å²) in [6, 6.07) is 13.6. The van der Waals surface area contributed by atoms with Crippen LogP contribution in [0.2, 0.25) is 10.0 Å². The van der Waals surface area contributed by atoms with Crippen LogP contribution < -0.4 is 5.32 Å². The van der Waals surface area contributed by atoms with Crippen LogP contribution in [0.5, 0.6) is 0 Å². The number of hydrogen-bond acceptors (Lipinski definition) is 6. The lowest BCUT2D eigenvalue weighted by atomic mass is 10.1. The number of nitrogens with one attached hydrogen (secondary N) is 1. The molecule has 3 aromatic heterocycles. The normalized spacial score (nSPS) is 11.8. The number of carbonyl (C=O) groups excluding carboxylic acids is 2. The van der Waals surface area contributed by atoms with Gasteiger partial charge in [-0.15, -0.1) is 0 Å². The van der Waals surface area contributed by atoms with Crippen molar-refractivity contribution in [2.75, 3.05) is 5.32 Å². The molecule has 1 aromatic carbocycles. The molecule has 0 aliphatic carbocycles. The van der Waals surface area contributed by atoms with Crippen LogP contribution in [-0.4, -0.2) is 27.9 Å². The number of anilines is 1. The van der Waals surface area contributed by atoms with E-state index in [1.54, 1.807) is 36.4 Å². The number of benzene rings is 1. The minimum atomic E-state index is -1.11. The van der Waals surface area contributed by atoms with Crippen LogP contribution in [0.15, 0.2) is 65.4 Å². The number of furan rings is 1. The zero-order valence-electron chi connectivity index (χ0n) is 16.1. The maximum absolute atomic E-state index is 12.9. The van der Waals surface area contributed by atoms with Crippen molar-refractivity contribution < 1.29 is 18.7 Å². The van der Waals surface area contributed by atoms with E-state index in [4.69, 9.17) is 32.4 Å². The smallest absolute Gasteiger partial charge is 0.339 e. The van der Waals surface area contributed by atoms with Gasteiger partial charge < -0.3 is 14.5 Å². The number of nitrogens with zero attached hydrogens (tertiary/aromatic N) is 2. The van der Waals surface area contributed by atoms with E-state index in [-0.39, 0.29) is 16.4 Å². The quantitative estimate of drug-likeness (QED) is 0.405.